The van der Waals surface area contributed by atoms with Gasteiger partial charge < -0.3 is 10.2 Å². The average Bonchev–Trinajstić information content (AvgIpc) is 2.38. The zero-order valence-corrected chi connectivity index (χ0v) is 12.9. The van der Waals surface area contributed by atoms with Crippen molar-refractivity contribution in [2.45, 2.75) is 33.6 Å². The molecule has 3 nitrogen and oxygen atoms in total. The molecule has 0 aromatic heterocycles. The molecule has 1 amide bonds. The van der Waals surface area contributed by atoms with Crippen LogP contribution in [0.1, 0.15) is 32.8 Å². The number of likely N-dealkylation sites (tertiary alicyclic amines) is 1. The van der Waals surface area contributed by atoms with Gasteiger partial charge in [-0.15, -0.1) is 0 Å². The molecule has 1 aliphatic heterocycles. The first kappa shape index (κ1) is 15.0. The summed E-state index contributed by atoms with van der Waals surface area (Å²) in [5.41, 5.74) is 2.21. The third-order valence-electron chi connectivity index (χ3n) is 4.14. The van der Waals surface area contributed by atoms with Gasteiger partial charge in [0.15, 0.2) is 6.54 Å². The lowest BCUT2D eigenvalue weighted by atomic mass is 9.92. The fraction of sp³-hybridized carbons (Fsp3) is 0.588. The number of nitrogens with one attached hydrogen (secondary N) is 2. The van der Waals surface area contributed by atoms with E-state index in [1.54, 1.807) is 0 Å². The number of anilines is 1. The lowest BCUT2D eigenvalue weighted by Crippen LogP contribution is -3.15. The molecule has 20 heavy (non-hydrogen) atoms. The molecule has 2 rings (SSSR count). The van der Waals surface area contributed by atoms with Crippen LogP contribution in [-0.4, -0.2) is 25.5 Å². The Morgan fingerprint density at radius 3 is 2.35 bits per heavy atom. The van der Waals surface area contributed by atoms with Crippen molar-refractivity contribution < 1.29 is 9.69 Å². The summed E-state index contributed by atoms with van der Waals surface area (Å²) in [6, 6.07) is 8.14. The predicted molar refractivity (Wildman–Crippen MR) is 83.0 cm³/mol. The molecular formula is C17H27N2O+. The van der Waals surface area contributed by atoms with E-state index in [9.17, 15) is 4.79 Å². The summed E-state index contributed by atoms with van der Waals surface area (Å²) in [5.74, 6) is 1.58. The van der Waals surface area contributed by atoms with Crippen molar-refractivity contribution in [1.82, 2.24) is 0 Å². The second kappa shape index (κ2) is 6.89. The molecule has 1 heterocycles. The number of piperidine rings is 1. The highest BCUT2D eigenvalue weighted by Gasteiger charge is 2.26. The molecule has 3 atom stereocenters. The van der Waals surface area contributed by atoms with E-state index in [2.05, 4.69) is 38.2 Å². The number of carbonyl (C=O) groups excluding carboxylic acids is 1. The molecule has 1 saturated heterocycles. The molecule has 0 spiro atoms. The average molecular weight is 275 g/mol. The monoisotopic (exact) mass is 275 g/mol. The summed E-state index contributed by atoms with van der Waals surface area (Å²) in [4.78, 5) is 13.5. The fourth-order valence-electron chi connectivity index (χ4n) is 3.32. The Kier molecular flexibility index (Phi) is 5.18. The third kappa shape index (κ3) is 4.34. The van der Waals surface area contributed by atoms with Crippen LogP contribution in [0.5, 0.6) is 0 Å². The lowest BCUT2D eigenvalue weighted by Gasteiger charge is -2.31. The summed E-state index contributed by atoms with van der Waals surface area (Å²) >= 11 is 0. The maximum atomic E-state index is 12.1. The highest BCUT2D eigenvalue weighted by atomic mass is 16.2. The van der Waals surface area contributed by atoms with Crippen LogP contribution in [0, 0.1) is 11.8 Å². The molecule has 1 aromatic rings. The van der Waals surface area contributed by atoms with E-state index in [-0.39, 0.29) is 5.91 Å². The van der Waals surface area contributed by atoms with Crippen molar-refractivity contribution in [3.05, 3.63) is 29.8 Å². The first-order valence-electron chi connectivity index (χ1n) is 7.79. The molecule has 0 radical (unpaired) electrons. The smallest absolute Gasteiger partial charge is 0.279 e. The van der Waals surface area contributed by atoms with E-state index in [0.717, 1.165) is 37.0 Å². The van der Waals surface area contributed by atoms with Gasteiger partial charge in [-0.25, -0.2) is 0 Å². The van der Waals surface area contributed by atoms with Crippen LogP contribution < -0.4 is 10.2 Å². The van der Waals surface area contributed by atoms with E-state index in [1.165, 1.54) is 16.9 Å². The van der Waals surface area contributed by atoms with Gasteiger partial charge in [-0.1, -0.05) is 32.9 Å². The fourth-order valence-corrected chi connectivity index (χ4v) is 3.32. The summed E-state index contributed by atoms with van der Waals surface area (Å²) in [6.45, 7) is 9.53. The van der Waals surface area contributed by atoms with Crippen LogP contribution in [0.4, 0.5) is 5.69 Å². The van der Waals surface area contributed by atoms with Crippen LogP contribution in [0.25, 0.3) is 0 Å². The van der Waals surface area contributed by atoms with Crippen molar-refractivity contribution in [2.24, 2.45) is 11.8 Å². The van der Waals surface area contributed by atoms with Gasteiger partial charge in [0.2, 0.25) is 0 Å². The second-order valence-corrected chi connectivity index (χ2v) is 6.38. The molecule has 0 aliphatic carbocycles. The minimum atomic E-state index is 0.130. The molecule has 0 bridgehead atoms. The Balaban J connectivity index is 1.85. The molecule has 1 fully saturated rings. The topological polar surface area (TPSA) is 33.5 Å². The van der Waals surface area contributed by atoms with Crippen LogP contribution in [0.3, 0.4) is 0 Å². The van der Waals surface area contributed by atoms with Crippen LogP contribution >= 0.6 is 0 Å². The molecular weight excluding hydrogens is 248 g/mol. The molecule has 0 saturated carbocycles. The number of hydrogen-bond acceptors (Lipinski definition) is 1. The van der Waals surface area contributed by atoms with Gasteiger partial charge in [-0.3, -0.25) is 4.79 Å². The molecule has 1 unspecified atom stereocenters. The van der Waals surface area contributed by atoms with Gasteiger partial charge in [0.05, 0.1) is 13.1 Å². The molecule has 2 N–H and O–H groups in total. The highest BCUT2D eigenvalue weighted by molar-refractivity contribution is 5.91. The van der Waals surface area contributed by atoms with Crippen LogP contribution in [0.15, 0.2) is 24.3 Å². The summed E-state index contributed by atoms with van der Waals surface area (Å²) in [5, 5.41) is 3.01. The zero-order valence-electron chi connectivity index (χ0n) is 12.9. The number of aryl methyl sites for hydroxylation is 1. The van der Waals surface area contributed by atoms with Gasteiger partial charge in [-0.2, -0.15) is 0 Å². The predicted octanol–water partition coefficient (Wildman–Crippen LogP) is 1.75. The van der Waals surface area contributed by atoms with Crippen LogP contribution in [0.2, 0.25) is 0 Å². The molecule has 110 valence electrons. The summed E-state index contributed by atoms with van der Waals surface area (Å²) < 4.78 is 0. The Morgan fingerprint density at radius 1 is 1.20 bits per heavy atom. The number of rotatable bonds is 4. The Hall–Kier alpha value is -1.35. The van der Waals surface area contributed by atoms with E-state index in [4.69, 9.17) is 0 Å². The van der Waals surface area contributed by atoms with Gasteiger partial charge in [0, 0.05) is 17.5 Å². The van der Waals surface area contributed by atoms with Gasteiger partial charge in [-0.05, 0) is 30.5 Å². The van der Waals surface area contributed by atoms with Gasteiger partial charge in [0.1, 0.15) is 0 Å². The first-order valence-corrected chi connectivity index (χ1v) is 7.79. The second-order valence-electron chi connectivity index (χ2n) is 6.38. The highest BCUT2D eigenvalue weighted by Crippen LogP contribution is 2.12. The maximum Gasteiger partial charge on any atom is 0.279 e. The quantitative estimate of drug-likeness (QED) is 0.862. The molecule has 1 aromatic carbocycles. The first-order chi connectivity index (χ1) is 9.56. The maximum absolute atomic E-state index is 12.1. The van der Waals surface area contributed by atoms with Crippen molar-refractivity contribution >= 4 is 11.6 Å². The van der Waals surface area contributed by atoms with E-state index in [1.807, 2.05) is 12.1 Å². The van der Waals surface area contributed by atoms with Crippen LogP contribution in [-0.2, 0) is 11.2 Å². The number of hydrogen-bond donors (Lipinski definition) is 2. The number of carbonyl (C=O) groups is 1. The zero-order chi connectivity index (χ0) is 14.5. The largest absolute Gasteiger partial charge is 0.327 e. The Labute approximate surface area is 122 Å². The number of benzene rings is 1. The van der Waals surface area contributed by atoms with E-state index >= 15 is 0 Å². The van der Waals surface area contributed by atoms with Gasteiger partial charge >= 0.3 is 0 Å². The number of amides is 1. The lowest BCUT2D eigenvalue weighted by molar-refractivity contribution is -0.904. The van der Waals surface area contributed by atoms with E-state index in [0.29, 0.717) is 6.54 Å². The Bertz CT molecular complexity index is 431. The molecule has 1 aliphatic rings. The van der Waals surface area contributed by atoms with Crippen molar-refractivity contribution in [1.29, 1.82) is 0 Å². The minimum absolute atomic E-state index is 0.130. The van der Waals surface area contributed by atoms with Gasteiger partial charge in [0.25, 0.3) is 5.91 Å². The SMILES string of the molecule is CCc1ccc(NC(=O)C[NH+]2C[C@H](C)C[C@H](C)C2)cc1. The molecule has 3 heteroatoms. The van der Waals surface area contributed by atoms with Crippen molar-refractivity contribution in [3.63, 3.8) is 0 Å². The summed E-state index contributed by atoms with van der Waals surface area (Å²) in [6.07, 6.45) is 2.32. The third-order valence-corrected chi connectivity index (χ3v) is 4.14. The van der Waals surface area contributed by atoms with Crippen molar-refractivity contribution in [2.75, 3.05) is 25.0 Å². The van der Waals surface area contributed by atoms with E-state index < -0.39 is 0 Å². The Morgan fingerprint density at radius 2 is 1.80 bits per heavy atom. The normalized spacial score (nSPS) is 26.2. The number of quaternary nitrogens is 1. The minimum Gasteiger partial charge on any atom is -0.327 e. The standard InChI is InChI=1S/C17H26N2O/c1-4-15-5-7-16(8-6-15)18-17(20)12-19-10-13(2)9-14(3)11-19/h5-8,13-14H,4,9-12H2,1-3H3,(H,18,20)/p+1/t13-,14+. The summed E-state index contributed by atoms with van der Waals surface area (Å²) in [7, 11) is 0. The van der Waals surface area contributed by atoms with Crippen molar-refractivity contribution in [3.8, 4) is 0 Å².